The molecule has 0 unspecified atom stereocenters. The van der Waals surface area contributed by atoms with Crippen LogP contribution in [0.3, 0.4) is 0 Å². The van der Waals surface area contributed by atoms with Crippen molar-refractivity contribution in [1.82, 2.24) is 9.97 Å². The SMILES string of the molecule is Nc1cc(NCc2cccc(O)c2)ncn1. The number of phenolic OH excluding ortho intramolecular Hbond substituents is 1. The average molecular weight is 216 g/mol. The van der Waals surface area contributed by atoms with Gasteiger partial charge in [-0.3, -0.25) is 0 Å². The quantitative estimate of drug-likeness (QED) is 0.721. The first kappa shape index (κ1) is 10.2. The van der Waals surface area contributed by atoms with Crippen LogP contribution in [0.15, 0.2) is 36.7 Å². The fourth-order valence-electron chi connectivity index (χ4n) is 1.33. The highest BCUT2D eigenvalue weighted by atomic mass is 16.3. The molecule has 82 valence electrons. The van der Waals surface area contributed by atoms with Crippen molar-refractivity contribution in [1.29, 1.82) is 0 Å². The monoisotopic (exact) mass is 216 g/mol. The van der Waals surface area contributed by atoms with Gasteiger partial charge in [0.15, 0.2) is 0 Å². The maximum Gasteiger partial charge on any atom is 0.131 e. The Bertz CT molecular complexity index is 441. The molecule has 1 aromatic carbocycles. The minimum atomic E-state index is 0.251. The number of rotatable bonds is 3. The molecule has 0 saturated carbocycles. The lowest BCUT2D eigenvalue weighted by atomic mass is 10.2. The van der Waals surface area contributed by atoms with E-state index in [0.29, 0.717) is 18.2 Å². The molecular formula is C11H12N4O. The minimum Gasteiger partial charge on any atom is -0.508 e. The van der Waals surface area contributed by atoms with Gasteiger partial charge in [-0.25, -0.2) is 9.97 Å². The highest BCUT2D eigenvalue weighted by molar-refractivity contribution is 5.44. The topological polar surface area (TPSA) is 84.1 Å². The third-order valence-corrected chi connectivity index (χ3v) is 2.07. The summed E-state index contributed by atoms with van der Waals surface area (Å²) in [6, 6.07) is 8.68. The zero-order valence-electron chi connectivity index (χ0n) is 8.59. The molecule has 0 bridgehead atoms. The van der Waals surface area contributed by atoms with Crippen LogP contribution in [-0.4, -0.2) is 15.1 Å². The Hall–Kier alpha value is -2.30. The van der Waals surface area contributed by atoms with E-state index in [1.54, 1.807) is 24.3 Å². The van der Waals surface area contributed by atoms with E-state index in [1.165, 1.54) is 6.33 Å². The summed E-state index contributed by atoms with van der Waals surface area (Å²) >= 11 is 0. The van der Waals surface area contributed by atoms with Crippen LogP contribution in [0.1, 0.15) is 5.56 Å². The molecule has 2 aromatic rings. The molecule has 16 heavy (non-hydrogen) atoms. The van der Waals surface area contributed by atoms with Crippen LogP contribution in [0.2, 0.25) is 0 Å². The van der Waals surface area contributed by atoms with Gasteiger partial charge in [-0.05, 0) is 17.7 Å². The first-order valence-electron chi connectivity index (χ1n) is 4.83. The predicted molar refractivity (Wildman–Crippen MR) is 61.9 cm³/mol. The van der Waals surface area contributed by atoms with Crippen molar-refractivity contribution in [2.45, 2.75) is 6.54 Å². The summed E-state index contributed by atoms with van der Waals surface area (Å²) in [5, 5.41) is 12.4. The van der Waals surface area contributed by atoms with E-state index in [9.17, 15) is 5.11 Å². The molecule has 4 N–H and O–H groups in total. The third-order valence-electron chi connectivity index (χ3n) is 2.07. The molecule has 0 radical (unpaired) electrons. The van der Waals surface area contributed by atoms with E-state index < -0.39 is 0 Å². The molecule has 0 aliphatic rings. The Morgan fingerprint density at radius 3 is 2.88 bits per heavy atom. The first-order valence-corrected chi connectivity index (χ1v) is 4.83. The van der Waals surface area contributed by atoms with Crippen molar-refractivity contribution < 1.29 is 5.11 Å². The number of nitrogens with zero attached hydrogens (tertiary/aromatic N) is 2. The van der Waals surface area contributed by atoms with Crippen LogP contribution in [0.4, 0.5) is 11.6 Å². The van der Waals surface area contributed by atoms with Crippen molar-refractivity contribution in [2.75, 3.05) is 11.1 Å². The maximum atomic E-state index is 9.28. The molecule has 0 amide bonds. The number of aromatic hydroxyl groups is 1. The Labute approximate surface area is 93.0 Å². The molecule has 1 aromatic heterocycles. The summed E-state index contributed by atoms with van der Waals surface area (Å²) in [6.45, 7) is 0.574. The molecule has 1 heterocycles. The molecule has 5 nitrogen and oxygen atoms in total. The molecule has 0 spiro atoms. The van der Waals surface area contributed by atoms with Crippen molar-refractivity contribution in [2.24, 2.45) is 0 Å². The zero-order valence-corrected chi connectivity index (χ0v) is 8.59. The van der Waals surface area contributed by atoms with Gasteiger partial charge in [0, 0.05) is 12.6 Å². The number of hydrogen-bond acceptors (Lipinski definition) is 5. The molecule has 0 saturated heterocycles. The summed E-state index contributed by atoms with van der Waals surface area (Å²) in [7, 11) is 0. The van der Waals surface area contributed by atoms with Crippen molar-refractivity contribution in [3.8, 4) is 5.75 Å². The lowest BCUT2D eigenvalue weighted by molar-refractivity contribution is 0.474. The van der Waals surface area contributed by atoms with E-state index in [4.69, 9.17) is 5.73 Å². The van der Waals surface area contributed by atoms with E-state index in [0.717, 1.165) is 5.56 Å². The Morgan fingerprint density at radius 1 is 1.25 bits per heavy atom. The van der Waals surface area contributed by atoms with Crippen LogP contribution >= 0.6 is 0 Å². The number of benzene rings is 1. The Morgan fingerprint density at radius 2 is 2.12 bits per heavy atom. The van der Waals surface area contributed by atoms with E-state index >= 15 is 0 Å². The van der Waals surface area contributed by atoms with Crippen LogP contribution in [0, 0.1) is 0 Å². The lowest BCUT2D eigenvalue weighted by Crippen LogP contribution is -2.02. The smallest absolute Gasteiger partial charge is 0.131 e. The fraction of sp³-hybridized carbons (Fsp3) is 0.0909. The maximum absolute atomic E-state index is 9.28. The molecule has 0 aliphatic carbocycles. The highest BCUT2D eigenvalue weighted by Crippen LogP contribution is 2.12. The third kappa shape index (κ3) is 2.60. The average Bonchev–Trinajstić information content (AvgIpc) is 2.27. The van der Waals surface area contributed by atoms with Gasteiger partial charge >= 0.3 is 0 Å². The van der Waals surface area contributed by atoms with Crippen molar-refractivity contribution in [3.05, 3.63) is 42.2 Å². The first-order chi connectivity index (χ1) is 7.74. The summed E-state index contributed by atoms with van der Waals surface area (Å²) in [4.78, 5) is 7.81. The second kappa shape index (κ2) is 4.48. The van der Waals surface area contributed by atoms with E-state index in [1.807, 2.05) is 6.07 Å². The Balaban J connectivity index is 2.02. The van der Waals surface area contributed by atoms with Gasteiger partial charge in [0.05, 0.1) is 0 Å². The van der Waals surface area contributed by atoms with E-state index in [-0.39, 0.29) is 5.75 Å². The zero-order chi connectivity index (χ0) is 11.4. The number of nitrogens with two attached hydrogens (primary N) is 1. The summed E-state index contributed by atoms with van der Waals surface area (Å²) < 4.78 is 0. The second-order valence-electron chi connectivity index (χ2n) is 3.35. The van der Waals surface area contributed by atoms with Gasteiger partial charge in [0.1, 0.15) is 23.7 Å². The van der Waals surface area contributed by atoms with Gasteiger partial charge < -0.3 is 16.2 Å². The number of anilines is 2. The van der Waals surface area contributed by atoms with Gasteiger partial charge in [-0.15, -0.1) is 0 Å². The molecule has 0 aliphatic heterocycles. The fourth-order valence-corrected chi connectivity index (χ4v) is 1.33. The largest absolute Gasteiger partial charge is 0.508 e. The van der Waals surface area contributed by atoms with E-state index in [2.05, 4.69) is 15.3 Å². The van der Waals surface area contributed by atoms with Crippen LogP contribution in [-0.2, 0) is 6.54 Å². The normalized spacial score (nSPS) is 10.0. The minimum absolute atomic E-state index is 0.251. The Kier molecular flexibility index (Phi) is 2.86. The van der Waals surface area contributed by atoms with Crippen LogP contribution in [0.5, 0.6) is 5.75 Å². The van der Waals surface area contributed by atoms with Crippen molar-refractivity contribution in [3.63, 3.8) is 0 Å². The number of nitrogen functional groups attached to an aromatic ring is 1. The molecule has 2 rings (SSSR count). The molecule has 0 fully saturated rings. The van der Waals surface area contributed by atoms with Crippen molar-refractivity contribution >= 4 is 11.6 Å². The van der Waals surface area contributed by atoms with Gasteiger partial charge in [0.25, 0.3) is 0 Å². The number of hydrogen-bond donors (Lipinski definition) is 3. The van der Waals surface area contributed by atoms with Crippen LogP contribution in [0.25, 0.3) is 0 Å². The molecule has 5 heteroatoms. The number of nitrogens with one attached hydrogen (secondary N) is 1. The number of aromatic nitrogens is 2. The standard InChI is InChI=1S/C11H12N4O/c12-10-5-11(15-7-14-10)13-6-8-2-1-3-9(16)4-8/h1-5,7,16H,6H2,(H3,12,13,14,15). The second-order valence-corrected chi connectivity index (χ2v) is 3.35. The summed E-state index contributed by atoms with van der Waals surface area (Å²) in [5.74, 6) is 1.34. The van der Waals surface area contributed by atoms with Gasteiger partial charge in [-0.1, -0.05) is 12.1 Å². The van der Waals surface area contributed by atoms with Crippen LogP contribution < -0.4 is 11.1 Å². The highest BCUT2D eigenvalue weighted by Gasteiger charge is 1.97. The summed E-state index contributed by atoms with van der Waals surface area (Å²) in [5.41, 5.74) is 6.49. The van der Waals surface area contributed by atoms with Gasteiger partial charge in [0.2, 0.25) is 0 Å². The number of phenols is 1. The predicted octanol–water partition coefficient (Wildman–Crippen LogP) is 1.38. The lowest BCUT2D eigenvalue weighted by Gasteiger charge is -2.05. The summed E-state index contributed by atoms with van der Waals surface area (Å²) in [6.07, 6.45) is 1.40. The molecule has 0 atom stereocenters. The molecular weight excluding hydrogens is 204 g/mol. The van der Waals surface area contributed by atoms with Gasteiger partial charge in [-0.2, -0.15) is 0 Å².